The Morgan fingerprint density at radius 3 is 3.00 bits per heavy atom. The number of hydrogen-bond donors (Lipinski definition) is 2. The van der Waals surface area contributed by atoms with Crippen LogP contribution in [0.3, 0.4) is 0 Å². The molecule has 1 fully saturated rings. The van der Waals surface area contributed by atoms with Gasteiger partial charge in [0.25, 0.3) is 0 Å². The fraction of sp³-hybridized carbons (Fsp3) is 0.500. The van der Waals surface area contributed by atoms with Crippen LogP contribution in [-0.4, -0.2) is 34.4 Å². The third kappa shape index (κ3) is 2.08. The molecule has 1 unspecified atom stereocenters. The number of rotatable bonds is 2. The summed E-state index contributed by atoms with van der Waals surface area (Å²) in [6, 6.07) is 1.27. The van der Waals surface area contributed by atoms with Crippen LogP contribution in [0.5, 0.6) is 0 Å². The van der Waals surface area contributed by atoms with E-state index in [-0.39, 0.29) is 12.7 Å². The van der Waals surface area contributed by atoms with E-state index in [0.717, 1.165) is 6.20 Å². The van der Waals surface area contributed by atoms with Gasteiger partial charge in [0, 0.05) is 18.7 Å². The Bertz CT molecular complexity index is 359. The van der Waals surface area contributed by atoms with Gasteiger partial charge in [-0.2, -0.15) is 0 Å². The van der Waals surface area contributed by atoms with Gasteiger partial charge in [-0.1, -0.05) is 0 Å². The Morgan fingerprint density at radius 1 is 1.60 bits per heavy atom. The molecule has 2 N–H and O–H groups in total. The van der Waals surface area contributed by atoms with Gasteiger partial charge in [-0.15, -0.1) is 0 Å². The summed E-state index contributed by atoms with van der Waals surface area (Å²) in [5, 5.41) is 18.4. The van der Waals surface area contributed by atoms with Crippen LogP contribution in [0, 0.1) is 5.82 Å². The molecule has 2 rings (SSSR count). The van der Waals surface area contributed by atoms with Crippen molar-refractivity contribution >= 4 is 5.82 Å². The molecule has 0 bridgehead atoms. The summed E-state index contributed by atoms with van der Waals surface area (Å²) in [6.45, 7) is 0.936. The van der Waals surface area contributed by atoms with Gasteiger partial charge < -0.3 is 15.1 Å². The molecule has 2 heterocycles. The van der Waals surface area contributed by atoms with Gasteiger partial charge in [0.2, 0.25) is 0 Å². The lowest BCUT2D eigenvalue weighted by molar-refractivity contribution is 0.198. The van der Waals surface area contributed by atoms with Crippen molar-refractivity contribution in [3.63, 3.8) is 0 Å². The van der Waals surface area contributed by atoms with E-state index in [1.807, 2.05) is 4.90 Å². The SMILES string of the molecule is OCc1cc(F)cnc1N1CCC(O)C1. The molecule has 1 aliphatic rings. The van der Waals surface area contributed by atoms with Gasteiger partial charge >= 0.3 is 0 Å². The fourth-order valence-corrected chi connectivity index (χ4v) is 1.81. The van der Waals surface area contributed by atoms with E-state index >= 15 is 0 Å². The van der Waals surface area contributed by atoms with Gasteiger partial charge in [-0.25, -0.2) is 9.37 Å². The van der Waals surface area contributed by atoms with E-state index in [2.05, 4.69) is 4.98 Å². The maximum Gasteiger partial charge on any atom is 0.142 e. The van der Waals surface area contributed by atoms with E-state index in [0.29, 0.717) is 30.9 Å². The normalized spacial score (nSPS) is 21.0. The minimum absolute atomic E-state index is 0.243. The van der Waals surface area contributed by atoms with Crippen LogP contribution < -0.4 is 4.90 Å². The molecule has 0 aliphatic carbocycles. The summed E-state index contributed by atoms with van der Waals surface area (Å²) in [7, 11) is 0. The molecule has 4 nitrogen and oxygen atoms in total. The Hall–Kier alpha value is -1.20. The summed E-state index contributed by atoms with van der Waals surface area (Å²) in [5.74, 6) is 0.109. The van der Waals surface area contributed by atoms with Crippen LogP contribution in [-0.2, 0) is 6.61 Å². The summed E-state index contributed by atoms with van der Waals surface area (Å²) in [5.41, 5.74) is 0.462. The minimum atomic E-state index is -0.456. The molecule has 1 aromatic rings. The van der Waals surface area contributed by atoms with Crippen molar-refractivity contribution in [3.8, 4) is 0 Å². The second kappa shape index (κ2) is 4.12. The largest absolute Gasteiger partial charge is 0.392 e. The summed E-state index contributed by atoms with van der Waals surface area (Å²) in [4.78, 5) is 5.80. The van der Waals surface area contributed by atoms with Gasteiger partial charge in [-0.3, -0.25) is 0 Å². The fourth-order valence-electron chi connectivity index (χ4n) is 1.81. The molecule has 82 valence electrons. The van der Waals surface area contributed by atoms with Crippen LogP contribution in [0.15, 0.2) is 12.3 Å². The van der Waals surface area contributed by atoms with Crippen molar-refractivity contribution in [3.05, 3.63) is 23.6 Å². The number of pyridine rings is 1. The first-order chi connectivity index (χ1) is 7.20. The van der Waals surface area contributed by atoms with Crippen LogP contribution >= 0.6 is 0 Å². The first kappa shape index (κ1) is 10.3. The highest BCUT2D eigenvalue weighted by Gasteiger charge is 2.23. The number of hydrogen-bond acceptors (Lipinski definition) is 4. The zero-order chi connectivity index (χ0) is 10.8. The standard InChI is InChI=1S/C10H13FN2O2/c11-8-3-7(6-14)10(12-4-8)13-2-1-9(15)5-13/h3-4,9,14-15H,1-2,5-6H2. The second-order valence-corrected chi connectivity index (χ2v) is 3.68. The third-order valence-corrected chi connectivity index (χ3v) is 2.54. The Balaban J connectivity index is 2.27. The smallest absolute Gasteiger partial charge is 0.142 e. The molecule has 0 radical (unpaired) electrons. The summed E-state index contributed by atoms with van der Waals surface area (Å²) < 4.78 is 12.9. The zero-order valence-electron chi connectivity index (χ0n) is 8.23. The van der Waals surface area contributed by atoms with Crippen molar-refractivity contribution in [2.75, 3.05) is 18.0 Å². The first-order valence-corrected chi connectivity index (χ1v) is 4.89. The van der Waals surface area contributed by atoms with Crippen LogP contribution in [0.2, 0.25) is 0 Å². The molecule has 1 aromatic heterocycles. The third-order valence-electron chi connectivity index (χ3n) is 2.54. The first-order valence-electron chi connectivity index (χ1n) is 4.89. The number of β-amino-alcohol motifs (C(OH)–C–C–N with tert-alkyl or cyclic N) is 1. The molecule has 0 aromatic carbocycles. The monoisotopic (exact) mass is 212 g/mol. The van der Waals surface area contributed by atoms with E-state index in [1.54, 1.807) is 0 Å². The van der Waals surface area contributed by atoms with E-state index in [4.69, 9.17) is 5.11 Å². The Morgan fingerprint density at radius 2 is 2.40 bits per heavy atom. The number of aliphatic hydroxyl groups is 2. The van der Waals surface area contributed by atoms with Gasteiger partial charge in [0.15, 0.2) is 0 Å². The molecule has 1 aliphatic heterocycles. The number of halogens is 1. The Kier molecular flexibility index (Phi) is 2.83. The lowest BCUT2D eigenvalue weighted by Crippen LogP contribution is -2.23. The predicted molar refractivity (Wildman–Crippen MR) is 53.0 cm³/mol. The average Bonchev–Trinajstić information content (AvgIpc) is 2.64. The highest BCUT2D eigenvalue weighted by Crippen LogP contribution is 2.22. The molecule has 5 heteroatoms. The van der Waals surface area contributed by atoms with E-state index in [1.165, 1.54) is 6.07 Å². The predicted octanol–water partition coefficient (Wildman–Crippen LogP) is 0.284. The molecular weight excluding hydrogens is 199 g/mol. The maximum atomic E-state index is 12.9. The lowest BCUT2D eigenvalue weighted by atomic mass is 10.2. The molecule has 0 amide bonds. The van der Waals surface area contributed by atoms with Gasteiger partial charge in [0.05, 0.1) is 18.9 Å². The van der Waals surface area contributed by atoms with Gasteiger partial charge in [0.1, 0.15) is 11.6 Å². The maximum absolute atomic E-state index is 12.9. The number of nitrogens with zero attached hydrogens (tertiary/aromatic N) is 2. The number of aromatic nitrogens is 1. The second-order valence-electron chi connectivity index (χ2n) is 3.68. The van der Waals surface area contributed by atoms with Crippen molar-refractivity contribution in [1.29, 1.82) is 0 Å². The number of aliphatic hydroxyl groups excluding tert-OH is 2. The molecule has 0 spiro atoms. The molecule has 0 saturated carbocycles. The van der Waals surface area contributed by atoms with Crippen LogP contribution in [0.1, 0.15) is 12.0 Å². The quantitative estimate of drug-likeness (QED) is 0.739. The van der Waals surface area contributed by atoms with Crippen molar-refractivity contribution < 1.29 is 14.6 Å². The number of anilines is 1. The van der Waals surface area contributed by atoms with Crippen molar-refractivity contribution in [2.45, 2.75) is 19.1 Å². The van der Waals surface area contributed by atoms with E-state index < -0.39 is 5.82 Å². The topological polar surface area (TPSA) is 56.6 Å². The lowest BCUT2D eigenvalue weighted by Gasteiger charge is -2.19. The molecular formula is C10H13FN2O2. The molecule has 1 atom stereocenters. The minimum Gasteiger partial charge on any atom is -0.392 e. The summed E-state index contributed by atoms with van der Waals surface area (Å²) >= 11 is 0. The van der Waals surface area contributed by atoms with Crippen LogP contribution in [0.4, 0.5) is 10.2 Å². The average molecular weight is 212 g/mol. The Labute approximate surface area is 87.0 Å². The zero-order valence-corrected chi connectivity index (χ0v) is 8.23. The van der Waals surface area contributed by atoms with Crippen molar-refractivity contribution in [2.24, 2.45) is 0 Å². The highest BCUT2D eigenvalue weighted by molar-refractivity contribution is 5.47. The summed E-state index contributed by atoms with van der Waals surface area (Å²) in [6.07, 6.45) is 1.45. The molecule has 1 saturated heterocycles. The van der Waals surface area contributed by atoms with Crippen LogP contribution in [0.25, 0.3) is 0 Å². The van der Waals surface area contributed by atoms with Gasteiger partial charge in [-0.05, 0) is 12.5 Å². The van der Waals surface area contributed by atoms with E-state index in [9.17, 15) is 9.50 Å². The highest BCUT2D eigenvalue weighted by atomic mass is 19.1. The molecule has 15 heavy (non-hydrogen) atoms. The van der Waals surface area contributed by atoms with Crippen molar-refractivity contribution in [1.82, 2.24) is 4.98 Å².